The average Bonchev–Trinajstić information content (AvgIpc) is 3.61. The number of benzene rings is 1. The van der Waals surface area contributed by atoms with Gasteiger partial charge >= 0.3 is 0 Å². The van der Waals surface area contributed by atoms with Gasteiger partial charge in [-0.15, -0.1) is 0 Å². The van der Waals surface area contributed by atoms with Gasteiger partial charge in [-0.25, -0.2) is 4.98 Å². The van der Waals surface area contributed by atoms with Gasteiger partial charge < -0.3 is 28.5 Å². The molecule has 1 amide bonds. The summed E-state index contributed by atoms with van der Waals surface area (Å²) in [4.78, 5) is 31.7. The quantitative estimate of drug-likeness (QED) is 0.458. The van der Waals surface area contributed by atoms with Crippen molar-refractivity contribution < 1.29 is 28.6 Å². The van der Waals surface area contributed by atoms with Crippen molar-refractivity contribution in [3.05, 3.63) is 84.0 Å². The number of imidazole rings is 1. The zero-order valence-electron chi connectivity index (χ0n) is 18.9. The van der Waals surface area contributed by atoms with Gasteiger partial charge in [-0.3, -0.25) is 9.59 Å². The summed E-state index contributed by atoms with van der Waals surface area (Å²) in [5.41, 5.74) is 0.620. The van der Waals surface area contributed by atoms with Crippen molar-refractivity contribution >= 4 is 17.8 Å². The Labute approximate surface area is 196 Å². The highest BCUT2D eigenvalue weighted by Crippen LogP contribution is 2.41. The van der Waals surface area contributed by atoms with Crippen molar-refractivity contribution in [2.24, 2.45) is 0 Å². The second kappa shape index (κ2) is 10.1. The van der Waals surface area contributed by atoms with Crippen molar-refractivity contribution in [2.45, 2.75) is 19.0 Å². The first-order valence-corrected chi connectivity index (χ1v) is 10.7. The molecule has 0 saturated carbocycles. The number of allylic oxidation sites excluding steroid dienone is 1. The van der Waals surface area contributed by atoms with Gasteiger partial charge in [0.1, 0.15) is 5.76 Å². The zero-order valence-corrected chi connectivity index (χ0v) is 18.9. The number of amides is 1. The first kappa shape index (κ1) is 22.9. The van der Waals surface area contributed by atoms with E-state index in [-0.39, 0.29) is 5.57 Å². The Hall–Kier alpha value is -4.27. The smallest absolute Gasteiger partial charge is 0.290 e. The molecular weight excluding hydrogens is 438 g/mol. The maximum Gasteiger partial charge on any atom is 0.290 e. The molecule has 1 aliphatic heterocycles. The molecule has 0 radical (unpaired) electrons. The van der Waals surface area contributed by atoms with E-state index < -0.39 is 23.5 Å². The van der Waals surface area contributed by atoms with Gasteiger partial charge in [-0.1, -0.05) is 6.07 Å². The molecule has 0 aliphatic carbocycles. The van der Waals surface area contributed by atoms with E-state index in [1.165, 1.54) is 37.5 Å². The topological polar surface area (TPSA) is 107 Å². The Morgan fingerprint density at radius 1 is 1.21 bits per heavy atom. The number of methoxy groups -OCH3 is 2. The third-order valence-electron chi connectivity index (χ3n) is 5.61. The predicted octanol–water partition coefficient (Wildman–Crippen LogP) is 3.56. The lowest BCUT2D eigenvalue weighted by atomic mass is 9.95. The summed E-state index contributed by atoms with van der Waals surface area (Å²) in [5.74, 6) is -0.190. The van der Waals surface area contributed by atoms with Crippen molar-refractivity contribution in [3.63, 3.8) is 0 Å². The van der Waals surface area contributed by atoms with Crippen molar-refractivity contribution in [1.82, 2.24) is 14.5 Å². The Morgan fingerprint density at radius 3 is 2.71 bits per heavy atom. The Morgan fingerprint density at radius 2 is 2.03 bits per heavy atom. The predicted molar refractivity (Wildman–Crippen MR) is 123 cm³/mol. The lowest BCUT2D eigenvalue weighted by molar-refractivity contribution is -0.129. The lowest BCUT2D eigenvalue weighted by Gasteiger charge is -2.27. The first-order chi connectivity index (χ1) is 16.5. The molecular formula is C25H25N3O6. The minimum Gasteiger partial charge on any atom is -0.503 e. The van der Waals surface area contributed by atoms with Crippen LogP contribution in [0.3, 0.4) is 0 Å². The van der Waals surface area contributed by atoms with Crippen LogP contribution in [0.4, 0.5) is 0 Å². The minimum absolute atomic E-state index is 0.00246. The minimum atomic E-state index is -0.788. The molecule has 0 bridgehead atoms. The fraction of sp³-hybridized carbons (Fsp3) is 0.240. The average molecular weight is 463 g/mol. The molecule has 2 aromatic heterocycles. The van der Waals surface area contributed by atoms with Crippen LogP contribution in [0.15, 0.2) is 77.1 Å². The van der Waals surface area contributed by atoms with Gasteiger partial charge in [-0.05, 0) is 48.4 Å². The number of hydrogen-bond donors (Lipinski definition) is 1. The molecule has 34 heavy (non-hydrogen) atoms. The molecule has 176 valence electrons. The molecule has 1 aliphatic rings. The van der Waals surface area contributed by atoms with Gasteiger partial charge in [0, 0.05) is 25.5 Å². The maximum absolute atomic E-state index is 13.2. The highest BCUT2D eigenvalue weighted by atomic mass is 16.5. The summed E-state index contributed by atoms with van der Waals surface area (Å²) in [7, 11) is 3.04. The number of aliphatic hydroxyl groups excluding tert-OH is 1. The van der Waals surface area contributed by atoms with E-state index in [1.54, 1.807) is 42.9 Å². The molecule has 1 unspecified atom stereocenters. The van der Waals surface area contributed by atoms with Crippen molar-refractivity contribution in [3.8, 4) is 11.5 Å². The summed E-state index contributed by atoms with van der Waals surface area (Å²) in [5, 5.41) is 10.7. The molecule has 4 rings (SSSR count). The summed E-state index contributed by atoms with van der Waals surface area (Å²) in [6.45, 7) is 0.948. The van der Waals surface area contributed by atoms with E-state index in [0.717, 1.165) is 0 Å². The van der Waals surface area contributed by atoms with Crippen LogP contribution in [0.2, 0.25) is 0 Å². The Bertz CT molecular complexity index is 1210. The Balaban J connectivity index is 1.67. The van der Waals surface area contributed by atoms with Crippen LogP contribution in [0.5, 0.6) is 11.5 Å². The number of hydrogen-bond acceptors (Lipinski definition) is 7. The van der Waals surface area contributed by atoms with Crippen LogP contribution < -0.4 is 9.47 Å². The monoisotopic (exact) mass is 463 g/mol. The van der Waals surface area contributed by atoms with Gasteiger partial charge in [0.15, 0.2) is 23.0 Å². The number of ether oxygens (including phenoxy) is 2. The highest BCUT2D eigenvalue weighted by Gasteiger charge is 2.42. The SMILES string of the molecule is COc1ccc(C2C(C(=O)/C=C/c3ccco3)=C(O)C(=O)N2CCCn2ccnc2)cc1OC. The van der Waals surface area contributed by atoms with Gasteiger partial charge in [0.2, 0.25) is 0 Å². The number of carbonyl (C=O) groups excluding carboxylic acids is 2. The zero-order chi connectivity index (χ0) is 24.1. The molecule has 3 aromatic rings. The van der Waals surface area contributed by atoms with E-state index in [4.69, 9.17) is 13.9 Å². The second-order valence-corrected chi connectivity index (χ2v) is 7.64. The Kier molecular flexibility index (Phi) is 6.82. The highest BCUT2D eigenvalue weighted by molar-refractivity contribution is 6.14. The third kappa shape index (κ3) is 4.59. The largest absolute Gasteiger partial charge is 0.503 e. The number of aryl methyl sites for hydroxylation is 1. The number of rotatable bonds is 10. The van der Waals surface area contributed by atoms with E-state index in [9.17, 15) is 14.7 Å². The number of aromatic nitrogens is 2. The molecule has 3 heterocycles. The van der Waals surface area contributed by atoms with Crippen LogP contribution >= 0.6 is 0 Å². The fourth-order valence-corrected chi connectivity index (χ4v) is 3.98. The van der Waals surface area contributed by atoms with Crippen molar-refractivity contribution in [1.29, 1.82) is 0 Å². The number of nitrogens with zero attached hydrogens (tertiary/aromatic N) is 3. The van der Waals surface area contributed by atoms with Crippen LogP contribution in [0, 0.1) is 0 Å². The van der Waals surface area contributed by atoms with E-state index >= 15 is 0 Å². The van der Waals surface area contributed by atoms with E-state index in [1.807, 2.05) is 10.8 Å². The molecule has 1 atom stereocenters. The molecule has 1 N–H and O–H groups in total. The van der Waals surface area contributed by atoms with Crippen LogP contribution in [-0.2, 0) is 16.1 Å². The summed E-state index contributed by atoms with van der Waals surface area (Å²) in [6.07, 6.45) is 10.1. The first-order valence-electron chi connectivity index (χ1n) is 10.7. The van der Waals surface area contributed by atoms with E-state index in [2.05, 4.69) is 4.98 Å². The summed E-state index contributed by atoms with van der Waals surface area (Å²) >= 11 is 0. The molecule has 0 saturated heterocycles. The normalized spacial score (nSPS) is 16.0. The molecule has 0 spiro atoms. The van der Waals surface area contributed by atoms with Crippen molar-refractivity contribution in [2.75, 3.05) is 20.8 Å². The summed E-state index contributed by atoms with van der Waals surface area (Å²) in [6, 6.07) is 7.79. The van der Waals surface area contributed by atoms with Gasteiger partial charge in [-0.2, -0.15) is 0 Å². The molecule has 1 aromatic carbocycles. The molecule has 9 heteroatoms. The second-order valence-electron chi connectivity index (χ2n) is 7.64. The van der Waals surface area contributed by atoms with Gasteiger partial charge in [0.25, 0.3) is 5.91 Å². The van der Waals surface area contributed by atoms with Crippen LogP contribution in [-0.4, -0.2) is 52.0 Å². The van der Waals surface area contributed by atoms with Crippen LogP contribution in [0.25, 0.3) is 6.08 Å². The summed E-state index contributed by atoms with van der Waals surface area (Å²) < 4.78 is 17.9. The maximum atomic E-state index is 13.2. The number of furan rings is 1. The van der Waals surface area contributed by atoms with E-state index in [0.29, 0.717) is 42.3 Å². The lowest BCUT2D eigenvalue weighted by Crippen LogP contribution is -2.32. The standard InChI is InChI=1S/C25H25N3O6/c1-32-20-9-6-17(15-21(20)33-2)23-22(19(29)8-7-18-5-3-14-34-18)24(30)25(31)28(23)12-4-11-27-13-10-26-16-27/h3,5-10,13-16,23,30H,4,11-12H2,1-2H3/b8-7+. The number of carbonyl (C=O) groups is 2. The fourth-order valence-electron chi connectivity index (χ4n) is 3.98. The number of aliphatic hydroxyl groups is 1. The number of ketones is 1. The third-order valence-corrected chi connectivity index (χ3v) is 5.61. The van der Waals surface area contributed by atoms with Gasteiger partial charge in [0.05, 0.1) is 38.4 Å². The van der Waals surface area contributed by atoms with Crippen LogP contribution in [0.1, 0.15) is 23.8 Å². The molecule has 0 fully saturated rings. The molecule has 9 nitrogen and oxygen atoms in total.